The van der Waals surface area contributed by atoms with Crippen molar-refractivity contribution in [1.29, 1.82) is 0 Å². The molecule has 2 rings (SSSR count). The largest absolute Gasteiger partial charge is 0.456 e. The zero-order valence-corrected chi connectivity index (χ0v) is 15.6. The van der Waals surface area contributed by atoms with Crippen molar-refractivity contribution in [1.82, 2.24) is 0 Å². The summed E-state index contributed by atoms with van der Waals surface area (Å²) < 4.78 is 6.14. The summed E-state index contributed by atoms with van der Waals surface area (Å²) >= 11 is 0. The first-order chi connectivity index (χ1) is 10.4. The van der Waals surface area contributed by atoms with Gasteiger partial charge in [-0.3, -0.25) is 4.79 Å². The van der Waals surface area contributed by atoms with E-state index < -0.39 is 0 Å². The summed E-state index contributed by atoms with van der Waals surface area (Å²) in [4.78, 5) is 11.3. The van der Waals surface area contributed by atoms with Crippen LogP contribution in [0.2, 0.25) is 0 Å². The first kappa shape index (κ1) is 17.5. The maximum Gasteiger partial charge on any atom is 0.153 e. The molecule has 0 N–H and O–H groups in total. The van der Waals surface area contributed by atoms with Gasteiger partial charge in [-0.05, 0) is 54.0 Å². The van der Waals surface area contributed by atoms with E-state index >= 15 is 0 Å². The van der Waals surface area contributed by atoms with E-state index in [2.05, 4.69) is 59.7 Å². The molecule has 0 unspecified atom stereocenters. The van der Waals surface area contributed by atoms with E-state index in [1.165, 1.54) is 11.1 Å². The number of rotatable bonds is 2. The molecular formula is C21H28O2. The molecule has 0 atom stereocenters. The molecule has 0 bridgehead atoms. The van der Waals surface area contributed by atoms with Crippen LogP contribution in [0.15, 0.2) is 28.7 Å². The van der Waals surface area contributed by atoms with E-state index in [9.17, 15) is 4.79 Å². The third kappa shape index (κ3) is 3.74. The Morgan fingerprint density at radius 1 is 0.957 bits per heavy atom. The highest BCUT2D eigenvalue weighted by Gasteiger charge is 2.24. The zero-order chi connectivity index (χ0) is 17.6. The number of carbonyl (C=O) groups excluding carboxylic acids is 1. The van der Waals surface area contributed by atoms with Gasteiger partial charge in [-0.2, -0.15) is 0 Å². The Morgan fingerprint density at radius 2 is 1.57 bits per heavy atom. The maximum atomic E-state index is 11.3. The fourth-order valence-corrected chi connectivity index (χ4v) is 2.71. The van der Waals surface area contributed by atoms with Gasteiger partial charge in [-0.15, -0.1) is 0 Å². The minimum absolute atomic E-state index is 0.00711. The van der Waals surface area contributed by atoms with Crippen LogP contribution in [0.1, 0.15) is 72.3 Å². The van der Waals surface area contributed by atoms with Crippen LogP contribution in [-0.4, -0.2) is 5.78 Å². The lowest BCUT2D eigenvalue weighted by Crippen LogP contribution is -2.16. The quantitative estimate of drug-likeness (QED) is 0.635. The molecule has 124 valence electrons. The van der Waals surface area contributed by atoms with Gasteiger partial charge in [0, 0.05) is 10.9 Å². The van der Waals surface area contributed by atoms with Crippen LogP contribution in [0.4, 0.5) is 0 Å². The molecule has 23 heavy (non-hydrogen) atoms. The van der Waals surface area contributed by atoms with Crippen molar-refractivity contribution in [2.45, 2.75) is 66.2 Å². The standard InChI is InChI=1S/C21H28O2/c1-13(9-14(2)22)18-11-15-10-16(20(3,4)5)12-17(19(15)23-18)21(6,7)8/h9-12H,1-8H3. The molecule has 2 aromatic rings. The molecule has 0 radical (unpaired) electrons. The van der Waals surface area contributed by atoms with Crippen LogP contribution >= 0.6 is 0 Å². The summed E-state index contributed by atoms with van der Waals surface area (Å²) in [7, 11) is 0. The molecule has 0 spiro atoms. The predicted octanol–water partition coefficient (Wildman–Crippen LogP) is 6.02. The Balaban J connectivity index is 2.76. The smallest absolute Gasteiger partial charge is 0.153 e. The Bertz CT molecular complexity index is 775. The molecule has 1 aromatic heterocycles. The number of fused-ring (bicyclic) bond motifs is 1. The highest BCUT2D eigenvalue weighted by Crippen LogP contribution is 2.37. The molecule has 0 fully saturated rings. The first-order valence-corrected chi connectivity index (χ1v) is 8.17. The third-order valence-corrected chi connectivity index (χ3v) is 4.10. The number of furan rings is 1. The van der Waals surface area contributed by atoms with Crippen molar-refractivity contribution in [3.05, 3.63) is 41.2 Å². The van der Waals surface area contributed by atoms with Crippen LogP contribution in [-0.2, 0) is 15.6 Å². The molecule has 0 saturated carbocycles. The van der Waals surface area contributed by atoms with Crippen molar-refractivity contribution in [2.75, 3.05) is 0 Å². The van der Waals surface area contributed by atoms with Gasteiger partial charge in [-0.25, -0.2) is 0 Å². The average molecular weight is 312 g/mol. The lowest BCUT2D eigenvalue weighted by atomic mass is 9.80. The SMILES string of the molecule is CC(=O)C=C(C)c1cc2cc(C(C)(C)C)cc(C(C)(C)C)c2o1. The first-order valence-electron chi connectivity index (χ1n) is 8.17. The van der Waals surface area contributed by atoms with Gasteiger partial charge in [0.15, 0.2) is 5.78 Å². The minimum Gasteiger partial charge on any atom is -0.456 e. The van der Waals surface area contributed by atoms with Gasteiger partial charge in [0.1, 0.15) is 11.3 Å². The molecule has 0 aliphatic rings. The van der Waals surface area contributed by atoms with E-state index in [1.807, 2.05) is 6.92 Å². The number of hydrogen-bond donors (Lipinski definition) is 0. The summed E-state index contributed by atoms with van der Waals surface area (Å²) in [6.07, 6.45) is 1.62. The lowest BCUT2D eigenvalue weighted by Gasteiger charge is -2.25. The van der Waals surface area contributed by atoms with Gasteiger partial charge in [0.05, 0.1) is 0 Å². The molecule has 0 amide bonds. The van der Waals surface area contributed by atoms with Gasteiger partial charge < -0.3 is 4.42 Å². The van der Waals surface area contributed by atoms with Gasteiger partial charge in [0.2, 0.25) is 0 Å². The topological polar surface area (TPSA) is 30.2 Å². The van der Waals surface area contributed by atoms with E-state index in [-0.39, 0.29) is 16.6 Å². The van der Waals surface area contributed by atoms with Gasteiger partial charge in [-0.1, -0.05) is 47.6 Å². The van der Waals surface area contributed by atoms with E-state index in [0.29, 0.717) is 0 Å². The molecule has 0 saturated heterocycles. The van der Waals surface area contributed by atoms with Crippen LogP contribution in [0.5, 0.6) is 0 Å². The Morgan fingerprint density at radius 3 is 2.04 bits per heavy atom. The summed E-state index contributed by atoms with van der Waals surface area (Å²) in [5.41, 5.74) is 4.38. The van der Waals surface area contributed by atoms with Crippen LogP contribution in [0, 0.1) is 0 Å². The van der Waals surface area contributed by atoms with E-state index in [1.54, 1.807) is 13.0 Å². The van der Waals surface area contributed by atoms with Crippen LogP contribution in [0.3, 0.4) is 0 Å². The summed E-state index contributed by atoms with van der Waals surface area (Å²) in [6, 6.07) is 6.52. The highest BCUT2D eigenvalue weighted by atomic mass is 16.3. The summed E-state index contributed by atoms with van der Waals surface area (Å²) in [6.45, 7) is 16.8. The Labute approximate surface area is 139 Å². The molecule has 0 aliphatic carbocycles. The maximum absolute atomic E-state index is 11.3. The highest BCUT2D eigenvalue weighted by molar-refractivity contribution is 5.95. The molecule has 1 aromatic carbocycles. The number of allylic oxidation sites excluding steroid dienone is 2. The molecule has 0 aliphatic heterocycles. The molecule has 2 nitrogen and oxygen atoms in total. The van der Waals surface area contributed by atoms with Crippen LogP contribution in [0.25, 0.3) is 16.5 Å². The fraction of sp³-hybridized carbons (Fsp3) is 0.476. The molecule has 2 heteroatoms. The van der Waals surface area contributed by atoms with Crippen molar-refractivity contribution >= 4 is 22.3 Å². The lowest BCUT2D eigenvalue weighted by molar-refractivity contribution is -0.112. The summed E-state index contributed by atoms with van der Waals surface area (Å²) in [5, 5.41) is 1.11. The Kier molecular flexibility index (Phi) is 4.32. The van der Waals surface area contributed by atoms with Crippen molar-refractivity contribution < 1.29 is 9.21 Å². The van der Waals surface area contributed by atoms with Crippen molar-refractivity contribution in [3.63, 3.8) is 0 Å². The molecular weight excluding hydrogens is 284 g/mol. The third-order valence-electron chi connectivity index (χ3n) is 4.10. The minimum atomic E-state index is -0.00711. The monoisotopic (exact) mass is 312 g/mol. The van der Waals surface area contributed by atoms with Gasteiger partial charge in [0.25, 0.3) is 0 Å². The second-order valence-corrected chi connectivity index (χ2v) is 8.49. The number of benzene rings is 1. The second kappa shape index (κ2) is 5.67. The van der Waals surface area contributed by atoms with Gasteiger partial charge >= 0.3 is 0 Å². The van der Waals surface area contributed by atoms with Crippen molar-refractivity contribution in [2.24, 2.45) is 0 Å². The summed E-state index contributed by atoms with van der Waals surface area (Å²) in [5.74, 6) is 0.807. The number of carbonyl (C=O) groups is 1. The number of hydrogen-bond acceptors (Lipinski definition) is 2. The second-order valence-electron chi connectivity index (χ2n) is 8.49. The van der Waals surface area contributed by atoms with Crippen molar-refractivity contribution in [3.8, 4) is 0 Å². The average Bonchev–Trinajstić information content (AvgIpc) is 2.77. The van der Waals surface area contributed by atoms with E-state index in [4.69, 9.17) is 4.42 Å². The van der Waals surface area contributed by atoms with Crippen LogP contribution < -0.4 is 0 Å². The fourth-order valence-electron chi connectivity index (χ4n) is 2.71. The normalized spacial score (nSPS) is 13.7. The molecule has 1 heterocycles. The number of ketones is 1. The van der Waals surface area contributed by atoms with E-state index in [0.717, 1.165) is 22.3 Å². The predicted molar refractivity (Wildman–Crippen MR) is 97.9 cm³/mol. The Hall–Kier alpha value is -1.83. The zero-order valence-electron chi connectivity index (χ0n) is 15.6.